The Hall–Kier alpha value is -1.56. The van der Waals surface area contributed by atoms with Crippen LogP contribution in [0.1, 0.15) is 49.4 Å². The molecule has 1 amide bonds. The summed E-state index contributed by atoms with van der Waals surface area (Å²) in [5.41, 5.74) is 9.95. The van der Waals surface area contributed by atoms with Gasteiger partial charge in [0.15, 0.2) is 0 Å². The first-order valence-corrected chi connectivity index (χ1v) is 9.70. The van der Waals surface area contributed by atoms with Crippen LogP contribution in [0.15, 0.2) is 18.2 Å². The normalized spacial score (nSPS) is 31.1. The number of aromatic amines is 1. The molecule has 4 atom stereocenters. The van der Waals surface area contributed by atoms with Crippen LogP contribution in [0, 0.1) is 5.92 Å². The first-order chi connectivity index (χ1) is 12.2. The number of hydrogen-bond donors (Lipinski definition) is 4. The quantitative estimate of drug-likeness (QED) is 0.667. The van der Waals surface area contributed by atoms with E-state index in [1.165, 1.54) is 17.4 Å². The van der Waals surface area contributed by atoms with Crippen molar-refractivity contribution in [3.63, 3.8) is 0 Å². The lowest BCUT2D eigenvalue weighted by Gasteiger charge is -2.26. The molecule has 0 bridgehead atoms. The maximum absolute atomic E-state index is 12.9. The van der Waals surface area contributed by atoms with Crippen LogP contribution in [0.4, 0.5) is 0 Å². The highest BCUT2D eigenvalue weighted by atomic mass is 35.5. The molecule has 1 aliphatic heterocycles. The first-order valence-electron chi connectivity index (χ1n) is 9.33. The number of carbonyl (C=O) groups excluding carboxylic acids is 1. The molecule has 1 aromatic heterocycles. The van der Waals surface area contributed by atoms with Crippen molar-refractivity contribution in [3.05, 3.63) is 34.5 Å². The van der Waals surface area contributed by atoms with Crippen LogP contribution in [0.25, 0.3) is 10.9 Å². The third kappa shape index (κ3) is 2.48. The van der Waals surface area contributed by atoms with E-state index < -0.39 is 0 Å². The molecule has 1 saturated carbocycles. The van der Waals surface area contributed by atoms with E-state index in [0.717, 1.165) is 48.3 Å². The van der Waals surface area contributed by atoms with Gasteiger partial charge in [-0.1, -0.05) is 30.2 Å². The van der Waals surface area contributed by atoms with Crippen molar-refractivity contribution in [2.45, 2.75) is 56.7 Å². The van der Waals surface area contributed by atoms with Gasteiger partial charge in [0.25, 0.3) is 0 Å². The third-order valence-corrected chi connectivity index (χ3v) is 6.53. The van der Waals surface area contributed by atoms with Gasteiger partial charge in [-0.05, 0) is 43.7 Å². The average Bonchev–Trinajstić information content (AvgIpc) is 3.29. The zero-order valence-electron chi connectivity index (χ0n) is 14.1. The van der Waals surface area contributed by atoms with Gasteiger partial charge >= 0.3 is 0 Å². The molecule has 25 heavy (non-hydrogen) atoms. The minimum absolute atomic E-state index is 0.0435. The molecule has 1 saturated heterocycles. The lowest BCUT2D eigenvalue weighted by Crippen LogP contribution is -2.47. The lowest BCUT2D eigenvalue weighted by molar-refractivity contribution is -0.124. The van der Waals surface area contributed by atoms with E-state index >= 15 is 0 Å². The summed E-state index contributed by atoms with van der Waals surface area (Å²) in [6.07, 6.45) is 6.59. The summed E-state index contributed by atoms with van der Waals surface area (Å²) in [6, 6.07) is 6.40. The van der Waals surface area contributed by atoms with Crippen molar-refractivity contribution in [2.75, 3.05) is 0 Å². The fourth-order valence-corrected chi connectivity index (χ4v) is 5.21. The average molecular weight is 359 g/mol. The van der Waals surface area contributed by atoms with Crippen LogP contribution in [-0.4, -0.2) is 23.0 Å². The standard InChI is InChI=1S/C19H23ClN4O/c20-13-7-1-4-10-11-5-2-9-15(17(11)22-16(10)13)21-19(25)18-12-6-3-8-14(12)23-24-18/h1,4,7,12,14-15,18,22-24H,2-3,5-6,8-9H2,(H,21,25). The number of halogens is 1. The van der Waals surface area contributed by atoms with Gasteiger partial charge in [0.05, 0.1) is 16.6 Å². The Morgan fingerprint density at radius 3 is 3.00 bits per heavy atom. The number of rotatable bonds is 2. The molecule has 4 N–H and O–H groups in total. The summed E-state index contributed by atoms with van der Waals surface area (Å²) in [7, 11) is 0. The van der Waals surface area contributed by atoms with Gasteiger partial charge in [-0.2, -0.15) is 0 Å². The summed E-state index contributed by atoms with van der Waals surface area (Å²) in [4.78, 5) is 16.4. The van der Waals surface area contributed by atoms with Crippen molar-refractivity contribution in [3.8, 4) is 0 Å². The largest absolute Gasteiger partial charge is 0.355 e. The molecular weight excluding hydrogens is 336 g/mol. The lowest BCUT2D eigenvalue weighted by atomic mass is 9.90. The number of carbonyl (C=O) groups is 1. The van der Waals surface area contributed by atoms with Gasteiger partial charge in [-0.3, -0.25) is 10.2 Å². The van der Waals surface area contributed by atoms with Crippen molar-refractivity contribution in [2.24, 2.45) is 5.92 Å². The summed E-state index contributed by atoms with van der Waals surface area (Å²) in [6.45, 7) is 0. The van der Waals surface area contributed by atoms with Crippen molar-refractivity contribution >= 4 is 28.4 Å². The fourth-order valence-electron chi connectivity index (χ4n) is 4.99. The van der Waals surface area contributed by atoms with Crippen LogP contribution in [0.5, 0.6) is 0 Å². The fraction of sp³-hybridized carbons (Fsp3) is 0.526. The smallest absolute Gasteiger partial charge is 0.239 e. The van der Waals surface area contributed by atoms with Crippen LogP contribution >= 0.6 is 11.6 Å². The Bertz CT molecular complexity index is 832. The van der Waals surface area contributed by atoms with E-state index in [-0.39, 0.29) is 18.0 Å². The summed E-state index contributed by atoms with van der Waals surface area (Å²) in [5, 5.41) is 5.23. The molecule has 2 fully saturated rings. The summed E-state index contributed by atoms with van der Waals surface area (Å²) < 4.78 is 0. The number of benzene rings is 1. The number of aryl methyl sites for hydroxylation is 1. The Morgan fingerprint density at radius 2 is 2.08 bits per heavy atom. The van der Waals surface area contributed by atoms with Crippen LogP contribution in [-0.2, 0) is 11.2 Å². The van der Waals surface area contributed by atoms with Gasteiger partial charge in [-0.15, -0.1) is 0 Å². The zero-order valence-corrected chi connectivity index (χ0v) is 14.8. The molecule has 4 unspecified atom stereocenters. The van der Waals surface area contributed by atoms with Crippen molar-refractivity contribution in [1.82, 2.24) is 21.2 Å². The molecule has 0 radical (unpaired) electrons. The highest BCUT2D eigenvalue weighted by Crippen LogP contribution is 2.37. The molecule has 0 spiro atoms. The van der Waals surface area contributed by atoms with Crippen LogP contribution in [0.2, 0.25) is 5.02 Å². The van der Waals surface area contributed by atoms with E-state index in [9.17, 15) is 4.79 Å². The number of amides is 1. The minimum Gasteiger partial charge on any atom is -0.355 e. The highest BCUT2D eigenvalue weighted by Gasteiger charge is 2.43. The molecule has 2 aliphatic carbocycles. The molecule has 132 valence electrons. The molecular formula is C19H23ClN4O. The third-order valence-electron chi connectivity index (χ3n) is 6.21. The number of H-pyrrole nitrogens is 1. The minimum atomic E-state index is -0.120. The molecule has 5 rings (SSSR count). The van der Waals surface area contributed by atoms with Crippen molar-refractivity contribution in [1.29, 1.82) is 0 Å². The first kappa shape index (κ1) is 15.7. The monoisotopic (exact) mass is 358 g/mol. The number of aromatic nitrogens is 1. The second kappa shape index (κ2) is 6.01. The van der Waals surface area contributed by atoms with E-state index in [1.54, 1.807) is 0 Å². The summed E-state index contributed by atoms with van der Waals surface area (Å²) >= 11 is 6.36. The number of hydrazine groups is 1. The summed E-state index contributed by atoms with van der Waals surface area (Å²) in [5.74, 6) is 0.532. The Balaban J connectivity index is 1.42. The predicted molar refractivity (Wildman–Crippen MR) is 98.3 cm³/mol. The molecule has 3 aliphatic rings. The topological polar surface area (TPSA) is 69.0 Å². The molecule has 2 aromatic rings. The second-order valence-electron chi connectivity index (χ2n) is 7.60. The van der Waals surface area contributed by atoms with Crippen LogP contribution < -0.4 is 16.2 Å². The molecule has 6 heteroatoms. The Labute approximate surface area is 151 Å². The molecule has 5 nitrogen and oxygen atoms in total. The number of para-hydroxylation sites is 1. The van der Waals surface area contributed by atoms with E-state index in [2.05, 4.69) is 27.2 Å². The van der Waals surface area contributed by atoms with Gasteiger partial charge in [0.2, 0.25) is 5.91 Å². The van der Waals surface area contributed by atoms with Gasteiger partial charge in [-0.25, -0.2) is 5.43 Å². The van der Waals surface area contributed by atoms with Crippen LogP contribution in [0.3, 0.4) is 0 Å². The maximum atomic E-state index is 12.9. The maximum Gasteiger partial charge on any atom is 0.239 e. The van der Waals surface area contributed by atoms with Gasteiger partial charge < -0.3 is 10.3 Å². The van der Waals surface area contributed by atoms with Gasteiger partial charge in [0, 0.05) is 23.0 Å². The molecule has 2 heterocycles. The molecule has 1 aromatic carbocycles. The van der Waals surface area contributed by atoms with Crippen molar-refractivity contribution < 1.29 is 4.79 Å². The predicted octanol–water partition coefficient (Wildman–Crippen LogP) is 2.96. The highest BCUT2D eigenvalue weighted by molar-refractivity contribution is 6.35. The number of hydrogen-bond acceptors (Lipinski definition) is 3. The second-order valence-corrected chi connectivity index (χ2v) is 8.01. The van der Waals surface area contributed by atoms with E-state index in [4.69, 9.17) is 11.6 Å². The SMILES string of the molecule is O=C(NC1CCCc2c1[nH]c1c(Cl)cccc21)C1NNC2CCCC21. The van der Waals surface area contributed by atoms with Gasteiger partial charge in [0.1, 0.15) is 6.04 Å². The Morgan fingerprint density at radius 1 is 1.16 bits per heavy atom. The van der Waals surface area contributed by atoms with E-state index in [0.29, 0.717) is 12.0 Å². The number of nitrogens with one attached hydrogen (secondary N) is 4. The van der Waals surface area contributed by atoms with E-state index in [1.807, 2.05) is 12.1 Å². The number of fused-ring (bicyclic) bond motifs is 4. The zero-order chi connectivity index (χ0) is 17.0. The Kier molecular flexibility index (Phi) is 3.77.